The van der Waals surface area contributed by atoms with Crippen LogP contribution in [-0.2, 0) is 6.42 Å². The van der Waals surface area contributed by atoms with Crippen LogP contribution >= 0.6 is 61.3 Å². The Kier molecular flexibility index (Phi) is 20.0. The number of nitrogens with zero attached hydrogens (tertiary/aromatic N) is 13. The summed E-state index contributed by atoms with van der Waals surface area (Å²) in [4.78, 5) is 55.2. The quantitative estimate of drug-likeness (QED) is 0.0518. The first-order valence-electron chi connectivity index (χ1n) is 28.8. The Balaban J connectivity index is 0.000000128. The van der Waals surface area contributed by atoms with Crippen molar-refractivity contribution in [2.24, 2.45) is 85.8 Å². The fourth-order valence-electron chi connectivity index (χ4n) is 9.16. The second-order valence-corrected chi connectivity index (χ2v) is 25.9. The number of aliphatic imine (C=N–C) groups is 8. The maximum atomic E-state index is 6.12. The molecule has 0 saturated carbocycles. The predicted molar refractivity (Wildman–Crippen MR) is 392 cm³/mol. The lowest BCUT2D eigenvalue weighted by atomic mass is 10.0. The third-order valence-electron chi connectivity index (χ3n) is 13.6. The first kappa shape index (κ1) is 64.6. The molecule has 472 valence electrons. The molecule has 0 atom stereocenters. The summed E-state index contributed by atoms with van der Waals surface area (Å²) >= 11 is 9.25. The predicted octanol–water partition coefficient (Wildman–Crippen LogP) is 12.0. The molecular formula is C66H60BrN21O2S4. The second kappa shape index (κ2) is 29.1. The lowest BCUT2D eigenvalue weighted by Gasteiger charge is -2.28. The normalized spacial score (nSPS) is 15.0. The van der Waals surface area contributed by atoms with Crippen LogP contribution in [0.15, 0.2) is 220 Å². The molecule has 3 aliphatic rings. The summed E-state index contributed by atoms with van der Waals surface area (Å²) in [5, 5.41) is 2.23. The third-order valence-corrected chi connectivity index (χ3v) is 18.1. The zero-order chi connectivity index (χ0) is 65.9. The summed E-state index contributed by atoms with van der Waals surface area (Å²) in [7, 11) is 0. The van der Waals surface area contributed by atoms with Gasteiger partial charge in [-0.05, 0) is 124 Å². The lowest BCUT2D eigenvalue weighted by Crippen LogP contribution is -2.27. The van der Waals surface area contributed by atoms with Crippen LogP contribution < -0.4 is 55.3 Å². The average molecular weight is 1390 g/mol. The fourth-order valence-corrected chi connectivity index (χ4v) is 13.1. The molecule has 0 spiro atoms. The zero-order valence-corrected chi connectivity index (χ0v) is 55.5. The molecule has 94 heavy (non-hydrogen) atoms. The molecular weight excluding hydrogens is 1330 g/mol. The van der Waals surface area contributed by atoms with E-state index in [1.807, 2.05) is 185 Å². The topological polar surface area (TPSA) is 390 Å². The van der Waals surface area contributed by atoms with Crippen LogP contribution in [0.1, 0.15) is 53.8 Å². The minimum absolute atomic E-state index is 0.0669. The number of hydrogen-bond acceptors (Lipinski definition) is 15. The smallest absolute Gasteiger partial charge is 0.224 e. The molecule has 16 N–H and O–H groups in total. The molecule has 0 radical (unpaired) electrons. The highest BCUT2D eigenvalue weighted by Crippen LogP contribution is 2.34. The molecule has 7 heterocycles. The van der Waals surface area contributed by atoms with Crippen LogP contribution in [0.3, 0.4) is 0 Å². The van der Waals surface area contributed by atoms with E-state index in [-0.39, 0.29) is 29.4 Å². The molecule has 0 bridgehead atoms. The van der Waals surface area contributed by atoms with Gasteiger partial charge in [-0.2, -0.15) is 39.9 Å². The molecule has 23 nitrogen and oxygen atoms in total. The summed E-state index contributed by atoms with van der Waals surface area (Å²) in [5.41, 5.74) is 56.9. The molecule has 14 rings (SSSR count). The van der Waals surface area contributed by atoms with E-state index in [9.17, 15) is 0 Å². The van der Waals surface area contributed by atoms with Gasteiger partial charge in [-0.1, -0.05) is 140 Å². The van der Waals surface area contributed by atoms with Gasteiger partial charge in [0.1, 0.15) is 40.4 Å². The van der Waals surface area contributed by atoms with Crippen LogP contribution in [-0.4, -0.2) is 84.3 Å². The molecule has 6 aromatic carbocycles. The summed E-state index contributed by atoms with van der Waals surface area (Å²) in [6.45, 7) is 6.61. The Labute approximate surface area is 563 Å². The number of pyridine rings is 1. The highest BCUT2D eigenvalue weighted by atomic mass is 79.9. The number of thiazole rings is 4. The van der Waals surface area contributed by atoms with E-state index in [2.05, 4.69) is 80.8 Å². The Morgan fingerprint density at radius 1 is 0.489 bits per heavy atom. The number of guanidine groups is 4. The summed E-state index contributed by atoms with van der Waals surface area (Å²) in [6, 6.07) is 46.3. The van der Waals surface area contributed by atoms with Crippen molar-refractivity contribution in [3.63, 3.8) is 0 Å². The van der Waals surface area contributed by atoms with Gasteiger partial charge in [0.2, 0.25) is 44.4 Å². The summed E-state index contributed by atoms with van der Waals surface area (Å²) < 4.78 is 16.6. The van der Waals surface area contributed by atoms with Gasteiger partial charge in [-0.25, -0.2) is 19.9 Å². The molecule has 0 unspecified atom stereocenters. The number of amidine groups is 4. The molecule has 11 aromatic rings. The number of nitrogens with two attached hydrogens (primary N) is 8. The molecule has 28 heteroatoms. The summed E-state index contributed by atoms with van der Waals surface area (Å²) in [5.74, 6) is 3.22. The van der Waals surface area contributed by atoms with Crippen LogP contribution in [0, 0.1) is 6.92 Å². The number of allylic oxidation sites excluding steroid dienone is 2. The van der Waals surface area contributed by atoms with E-state index in [1.54, 1.807) is 12.3 Å². The number of benzene rings is 6. The van der Waals surface area contributed by atoms with E-state index in [1.165, 1.54) is 50.9 Å². The highest BCUT2D eigenvalue weighted by molar-refractivity contribution is 9.12. The van der Waals surface area contributed by atoms with E-state index in [0.29, 0.717) is 50.5 Å². The first-order chi connectivity index (χ1) is 45.3. The molecule has 5 aromatic heterocycles. The van der Waals surface area contributed by atoms with Crippen molar-refractivity contribution in [1.29, 1.82) is 0 Å². The number of halogens is 1. The first-order valence-corrected chi connectivity index (χ1v) is 32.8. The Hall–Kier alpha value is -10.9. The lowest BCUT2D eigenvalue weighted by molar-refractivity contribution is 0.159. The number of para-hydroxylation sites is 4. The number of fused-ring (bicyclic) bond motifs is 6. The van der Waals surface area contributed by atoms with E-state index >= 15 is 0 Å². The van der Waals surface area contributed by atoms with Crippen LogP contribution in [0.25, 0.3) is 46.9 Å². The number of ether oxygens (including phenoxy) is 2. The van der Waals surface area contributed by atoms with Crippen molar-refractivity contribution in [1.82, 2.24) is 24.9 Å². The van der Waals surface area contributed by atoms with Crippen molar-refractivity contribution in [2.75, 3.05) is 6.61 Å². The van der Waals surface area contributed by atoms with Crippen LogP contribution in [0.2, 0.25) is 0 Å². The Morgan fingerprint density at radius 3 is 1.35 bits per heavy atom. The Morgan fingerprint density at radius 2 is 0.915 bits per heavy atom. The van der Waals surface area contributed by atoms with Gasteiger partial charge in [0, 0.05) is 50.6 Å². The van der Waals surface area contributed by atoms with Gasteiger partial charge in [0.05, 0.1) is 47.5 Å². The van der Waals surface area contributed by atoms with Gasteiger partial charge in [-0.3, -0.25) is 4.98 Å². The van der Waals surface area contributed by atoms with E-state index in [4.69, 9.17) is 55.3 Å². The molecule has 0 fully saturated rings. The zero-order valence-electron chi connectivity index (χ0n) is 50.6. The number of aromatic nitrogens is 5. The number of aryl methyl sites for hydroxylation is 1. The van der Waals surface area contributed by atoms with E-state index in [0.717, 1.165) is 103 Å². The van der Waals surface area contributed by atoms with Crippen molar-refractivity contribution in [2.45, 2.75) is 39.2 Å². The SMILES string of the molecule is CC1(C)C=Cc2cc(C(N)=NC(N)=Nc3nc4ccccc4s3)ccc2O1.Cc1cc(C(N)=NC(N)=Nc2nc3ccccc3s2)ccn1.NC(=Nc1nc2ccccc2s1)N=C(N)C1=CCC=C1Br.NC(=Nc1nc2ccccc2s1)N=C(N)c1ccc2c(c1)OCC2. The van der Waals surface area contributed by atoms with Gasteiger partial charge < -0.3 is 55.3 Å². The van der Waals surface area contributed by atoms with Crippen LogP contribution in [0.4, 0.5) is 20.5 Å². The highest BCUT2D eigenvalue weighted by Gasteiger charge is 2.22. The number of hydrogen-bond donors (Lipinski definition) is 8. The number of rotatable bonds is 8. The maximum absolute atomic E-state index is 6.12. The summed E-state index contributed by atoms with van der Waals surface area (Å²) in [6.07, 6.45) is 11.5. The van der Waals surface area contributed by atoms with Crippen molar-refractivity contribution in [3.8, 4) is 11.5 Å². The van der Waals surface area contributed by atoms with Gasteiger partial charge in [0.25, 0.3) is 0 Å². The molecule has 0 saturated heterocycles. The van der Waals surface area contributed by atoms with Crippen molar-refractivity contribution in [3.05, 3.63) is 214 Å². The maximum Gasteiger partial charge on any atom is 0.224 e. The van der Waals surface area contributed by atoms with Gasteiger partial charge in [-0.15, -0.1) is 0 Å². The third kappa shape index (κ3) is 16.8. The monoisotopic (exact) mass is 1390 g/mol. The van der Waals surface area contributed by atoms with Crippen LogP contribution in [0.5, 0.6) is 11.5 Å². The molecule has 1 aliphatic carbocycles. The molecule has 2 aliphatic heterocycles. The second-order valence-electron chi connectivity index (χ2n) is 21.0. The largest absolute Gasteiger partial charge is 0.493 e. The standard InChI is InChI=1S/C20H19N5OS.C17H15N5OS.C15H14N6S.C14H12BrN5S/c1-20(2)10-9-12-11-13(7-8-15(12)26-20)17(21)24-18(22)25-19-23-14-5-3-4-6-16(14)27-19;18-15(11-6-5-10-7-8-23-13(10)9-11)21-16(19)22-17-20-12-3-1-2-4-14(12)24-17;1-9-8-10(6-7-18-9)13(16)20-14(17)21-15-19-11-4-2-3-5-12(11)22-15;15-9-5-3-4-8(9)12(16)19-13(17)20-14-18-10-6-1-2-7-11(10)21-14/h3-11H,1-2H3,(H4,21,22,23,24,25);1-6,9H,7-8H2,(H4,18,19,20,21,22);2-8H,1H3,(H4,16,17,19,20,21);1-2,4-7H,3H2,(H4,16,17,18,19,20). The Bertz CT molecular complexity index is 4900. The minimum Gasteiger partial charge on any atom is -0.493 e. The fraction of sp³-hybridized carbons (Fsp3) is 0.106. The minimum atomic E-state index is -0.317. The average Bonchev–Trinajstić information content (AvgIpc) is 1.43. The van der Waals surface area contributed by atoms with Crippen molar-refractivity contribution < 1.29 is 9.47 Å². The van der Waals surface area contributed by atoms with Gasteiger partial charge in [0.15, 0.2) is 0 Å². The van der Waals surface area contributed by atoms with Crippen molar-refractivity contribution >= 4 is 176 Å². The van der Waals surface area contributed by atoms with E-state index < -0.39 is 0 Å². The molecule has 0 amide bonds. The van der Waals surface area contributed by atoms with Gasteiger partial charge >= 0.3 is 0 Å².